The van der Waals surface area contributed by atoms with Gasteiger partial charge in [0.05, 0.1) is 0 Å². The van der Waals surface area contributed by atoms with Gasteiger partial charge in [0.25, 0.3) is 5.91 Å². The van der Waals surface area contributed by atoms with Crippen LogP contribution in [0.1, 0.15) is 10.6 Å². The van der Waals surface area contributed by atoms with E-state index in [4.69, 9.17) is 20.8 Å². The second-order valence-corrected chi connectivity index (χ2v) is 5.31. The van der Waals surface area contributed by atoms with Crippen LogP contribution in [-0.2, 0) is 0 Å². The molecule has 1 amide bonds. The number of rotatable bonds is 5. The average molecular weight is 328 g/mol. The van der Waals surface area contributed by atoms with Crippen LogP contribution in [0.5, 0.6) is 5.75 Å². The maximum atomic E-state index is 12.2. The molecule has 1 heterocycles. The molecule has 1 aromatic heterocycles. The average Bonchev–Trinajstić information content (AvgIpc) is 2.97. The number of hydrogen-bond acceptors (Lipinski definition) is 3. The van der Waals surface area contributed by atoms with Gasteiger partial charge in [-0.1, -0.05) is 24.3 Å². The van der Waals surface area contributed by atoms with E-state index in [9.17, 15) is 4.79 Å². The summed E-state index contributed by atoms with van der Waals surface area (Å²) in [5, 5.41) is 4.16. The number of carbonyl (C=O) groups excluding carboxylic acids is 1. The van der Waals surface area contributed by atoms with Crippen molar-refractivity contribution in [2.45, 2.75) is 0 Å². The summed E-state index contributed by atoms with van der Waals surface area (Å²) >= 11 is 5.93. The Labute approximate surface area is 138 Å². The lowest BCUT2D eigenvalue weighted by Crippen LogP contribution is -2.10. The van der Waals surface area contributed by atoms with E-state index in [1.54, 1.807) is 54.6 Å². The summed E-state index contributed by atoms with van der Waals surface area (Å²) in [6.45, 7) is 4.03. The van der Waals surface area contributed by atoms with E-state index < -0.39 is 0 Å². The molecule has 0 saturated carbocycles. The van der Waals surface area contributed by atoms with Crippen LogP contribution in [0.3, 0.4) is 0 Å². The molecule has 5 heteroatoms. The molecule has 23 heavy (non-hydrogen) atoms. The number of carbonyl (C=O) groups is 1. The summed E-state index contributed by atoms with van der Waals surface area (Å²) in [6.07, 6.45) is 1.67. The van der Waals surface area contributed by atoms with Crippen molar-refractivity contribution in [3.63, 3.8) is 0 Å². The van der Waals surface area contributed by atoms with Crippen LogP contribution < -0.4 is 10.1 Å². The third-order valence-corrected chi connectivity index (χ3v) is 3.42. The molecule has 0 bridgehead atoms. The molecular weight excluding hydrogens is 314 g/mol. The zero-order valence-electron chi connectivity index (χ0n) is 12.2. The number of benzene rings is 2. The number of halogens is 1. The standard InChI is InChI=1S/C18H14ClNO3/c1-2-9-22-15-6-4-14(5-7-15)20-18(21)17-11-12-10-13(19)3-8-16(12)23-17/h2-8,10-11H,1,9H2,(H,20,21). The summed E-state index contributed by atoms with van der Waals surface area (Å²) < 4.78 is 10.9. The van der Waals surface area contributed by atoms with Gasteiger partial charge in [-0.15, -0.1) is 0 Å². The van der Waals surface area contributed by atoms with Gasteiger partial charge in [-0.2, -0.15) is 0 Å². The molecule has 0 spiro atoms. The molecule has 0 aliphatic carbocycles. The molecule has 1 N–H and O–H groups in total. The third kappa shape index (κ3) is 3.55. The Balaban J connectivity index is 1.73. The zero-order valence-corrected chi connectivity index (χ0v) is 13.0. The van der Waals surface area contributed by atoms with Crippen LogP contribution in [0.4, 0.5) is 5.69 Å². The Bertz CT molecular complexity index is 852. The first-order chi connectivity index (χ1) is 11.2. The molecule has 2 aromatic carbocycles. The molecule has 0 aliphatic rings. The van der Waals surface area contributed by atoms with Gasteiger partial charge >= 0.3 is 0 Å². The Hall–Kier alpha value is -2.72. The Kier molecular flexibility index (Phi) is 4.35. The summed E-state index contributed by atoms with van der Waals surface area (Å²) in [5.74, 6) is 0.618. The minimum atomic E-state index is -0.322. The molecule has 116 valence electrons. The van der Waals surface area contributed by atoms with E-state index in [0.29, 0.717) is 28.6 Å². The van der Waals surface area contributed by atoms with Crippen molar-refractivity contribution in [3.05, 3.63) is 72.0 Å². The maximum Gasteiger partial charge on any atom is 0.291 e. The Morgan fingerprint density at radius 2 is 2.00 bits per heavy atom. The Morgan fingerprint density at radius 1 is 1.22 bits per heavy atom. The minimum Gasteiger partial charge on any atom is -0.490 e. The van der Waals surface area contributed by atoms with Crippen molar-refractivity contribution in [2.24, 2.45) is 0 Å². The van der Waals surface area contributed by atoms with E-state index in [2.05, 4.69) is 11.9 Å². The summed E-state index contributed by atoms with van der Waals surface area (Å²) in [5.41, 5.74) is 1.27. The van der Waals surface area contributed by atoms with Crippen molar-refractivity contribution >= 4 is 34.2 Å². The fraction of sp³-hybridized carbons (Fsp3) is 0.0556. The van der Waals surface area contributed by atoms with Crippen LogP contribution in [0.15, 0.2) is 65.6 Å². The van der Waals surface area contributed by atoms with Gasteiger partial charge in [0.1, 0.15) is 17.9 Å². The molecule has 0 saturated heterocycles. The fourth-order valence-corrected chi connectivity index (χ4v) is 2.29. The van der Waals surface area contributed by atoms with Crippen molar-refractivity contribution < 1.29 is 13.9 Å². The first-order valence-corrected chi connectivity index (χ1v) is 7.38. The number of hydrogen-bond donors (Lipinski definition) is 1. The number of nitrogens with one attached hydrogen (secondary N) is 1. The second-order valence-electron chi connectivity index (χ2n) is 4.87. The van der Waals surface area contributed by atoms with Gasteiger partial charge in [0.15, 0.2) is 5.76 Å². The number of fused-ring (bicyclic) bond motifs is 1. The highest BCUT2D eigenvalue weighted by atomic mass is 35.5. The maximum absolute atomic E-state index is 12.2. The highest BCUT2D eigenvalue weighted by molar-refractivity contribution is 6.31. The predicted molar refractivity (Wildman–Crippen MR) is 91.3 cm³/mol. The van der Waals surface area contributed by atoms with Crippen LogP contribution in [0.25, 0.3) is 11.0 Å². The molecule has 0 unspecified atom stereocenters. The van der Waals surface area contributed by atoms with E-state index in [1.165, 1.54) is 0 Å². The zero-order chi connectivity index (χ0) is 16.2. The van der Waals surface area contributed by atoms with E-state index >= 15 is 0 Å². The van der Waals surface area contributed by atoms with Crippen molar-refractivity contribution in [2.75, 3.05) is 11.9 Å². The van der Waals surface area contributed by atoms with E-state index in [1.807, 2.05) is 0 Å². The van der Waals surface area contributed by atoms with Gasteiger partial charge < -0.3 is 14.5 Å². The fourth-order valence-electron chi connectivity index (χ4n) is 2.11. The molecule has 0 aliphatic heterocycles. The molecule has 3 aromatic rings. The highest BCUT2D eigenvalue weighted by Gasteiger charge is 2.12. The van der Waals surface area contributed by atoms with Gasteiger partial charge in [-0.05, 0) is 48.5 Å². The lowest BCUT2D eigenvalue weighted by atomic mass is 10.2. The van der Waals surface area contributed by atoms with Gasteiger partial charge in [-0.25, -0.2) is 0 Å². The van der Waals surface area contributed by atoms with Gasteiger partial charge in [-0.3, -0.25) is 4.79 Å². The summed E-state index contributed by atoms with van der Waals surface area (Å²) in [6, 6.07) is 13.9. The summed E-state index contributed by atoms with van der Waals surface area (Å²) in [7, 11) is 0. The molecule has 4 nitrogen and oxygen atoms in total. The summed E-state index contributed by atoms with van der Waals surface area (Å²) in [4.78, 5) is 12.2. The van der Waals surface area contributed by atoms with Crippen molar-refractivity contribution in [3.8, 4) is 5.75 Å². The third-order valence-electron chi connectivity index (χ3n) is 3.18. The number of amides is 1. The van der Waals surface area contributed by atoms with Crippen molar-refractivity contribution in [1.82, 2.24) is 0 Å². The Morgan fingerprint density at radius 3 is 2.74 bits per heavy atom. The number of furan rings is 1. The smallest absolute Gasteiger partial charge is 0.291 e. The van der Waals surface area contributed by atoms with Gasteiger partial charge in [0, 0.05) is 16.1 Å². The second kappa shape index (κ2) is 6.58. The SMILES string of the molecule is C=CCOc1ccc(NC(=O)c2cc3cc(Cl)ccc3o2)cc1. The van der Waals surface area contributed by atoms with E-state index in [-0.39, 0.29) is 11.7 Å². The molecule has 3 rings (SSSR count). The number of ether oxygens (including phenoxy) is 1. The number of anilines is 1. The van der Waals surface area contributed by atoms with Gasteiger partial charge in [0.2, 0.25) is 0 Å². The topological polar surface area (TPSA) is 51.5 Å². The molecule has 0 radical (unpaired) electrons. The van der Waals surface area contributed by atoms with Crippen LogP contribution in [-0.4, -0.2) is 12.5 Å². The largest absolute Gasteiger partial charge is 0.490 e. The molecule has 0 fully saturated rings. The van der Waals surface area contributed by atoms with Crippen LogP contribution in [0.2, 0.25) is 5.02 Å². The quantitative estimate of drug-likeness (QED) is 0.678. The van der Waals surface area contributed by atoms with E-state index in [0.717, 1.165) is 5.39 Å². The highest BCUT2D eigenvalue weighted by Crippen LogP contribution is 2.24. The lowest BCUT2D eigenvalue weighted by Gasteiger charge is -2.06. The minimum absolute atomic E-state index is 0.231. The van der Waals surface area contributed by atoms with Crippen LogP contribution >= 0.6 is 11.6 Å². The normalized spacial score (nSPS) is 10.5. The van der Waals surface area contributed by atoms with Crippen LogP contribution in [0, 0.1) is 0 Å². The first-order valence-electron chi connectivity index (χ1n) is 7.00. The first kappa shape index (κ1) is 15.2. The predicted octanol–water partition coefficient (Wildman–Crippen LogP) is 4.90. The lowest BCUT2D eigenvalue weighted by molar-refractivity contribution is 0.0998. The monoisotopic (exact) mass is 327 g/mol. The van der Waals surface area contributed by atoms with Crippen molar-refractivity contribution in [1.29, 1.82) is 0 Å². The molecule has 0 atom stereocenters. The molecular formula is C18H14ClNO3.